The summed E-state index contributed by atoms with van der Waals surface area (Å²) in [6, 6.07) is 10.6. The fourth-order valence-corrected chi connectivity index (χ4v) is 4.38. The standard InChI is InChI=1S/C22H24N2O4S/c1-5-15-7-9-16(10-8-15)20-14(3)17(11-12-19(20)29(4,27)28)21(25)18-13-23-24(6-2)22(18)26/h7-13,26H,5-6H2,1-4H3. The van der Waals surface area contributed by atoms with Gasteiger partial charge in [0.2, 0.25) is 5.88 Å². The van der Waals surface area contributed by atoms with E-state index in [1.165, 1.54) is 23.0 Å². The van der Waals surface area contributed by atoms with Gasteiger partial charge in [-0.25, -0.2) is 13.1 Å². The lowest BCUT2D eigenvalue weighted by Crippen LogP contribution is -2.09. The smallest absolute Gasteiger partial charge is 0.220 e. The minimum Gasteiger partial charge on any atom is -0.493 e. The molecular formula is C22H24N2O4S. The summed E-state index contributed by atoms with van der Waals surface area (Å²) in [5.74, 6) is -0.593. The molecule has 0 saturated heterocycles. The maximum Gasteiger partial charge on any atom is 0.220 e. The number of carbonyl (C=O) groups excluding carboxylic acids is 1. The van der Waals surface area contributed by atoms with Crippen LogP contribution in [0.2, 0.25) is 0 Å². The zero-order valence-corrected chi connectivity index (χ0v) is 17.7. The second kappa shape index (κ2) is 7.83. The molecule has 0 unspecified atom stereocenters. The number of benzene rings is 2. The predicted molar refractivity (Wildman–Crippen MR) is 112 cm³/mol. The number of aromatic hydroxyl groups is 1. The van der Waals surface area contributed by atoms with Gasteiger partial charge >= 0.3 is 0 Å². The third-order valence-electron chi connectivity index (χ3n) is 5.08. The molecule has 7 heteroatoms. The Morgan fingerprint density at radius 1 is 1.07 bits per heavy atom. The number of carbonyl (C=O) groups is 1. The van der Waals surface area contributed by atoms with Crippen molar-refractivity contribution in [3.05, 3.63) is 64.8 Å². The Morgan fingerprint density at radius 2 is 1.72 bits per heavy atom. The van der Waals surface area contributed by atoms with Crippen LogP contribution in [0, 0.1) is 6.92 Å². The van der Waals surface area contributed by atoms with Gasteiger partial charge in [-0.3, -0.25) is 4.79 Å². The van der Waals surface area contributed by atoms with E-state index in [9.17, 15) is 18.3 Å². The third-order valence-corrected chi connectivity index (χ3v) is 6.22. The highest BCUT2D eigenvalue weighted by Gasteiger charge is 2.25. The highest BCUT2D eigenvalue weighted by molar-refractivity contribution is 7.90. The summed E-state index contributed by atoms with van der Waals surface area (Å²) in [7, 11) is -3.51. The predicted octanol–water partition coefficient (Wildman–Crippen LogP) is 3.78. The zero-order chi connectivity index (χ0) is 21.3. The second-order valence-corrected chi connectivity index (χ2v) is 8.94. The molecule has 1 aromatic heterocycles. The normalized spacial score (nSPS) is 11.6. The van der Waals surface area contributed by atoms with E-state index in [1.807, 2.05) is 38.1 Å². The molecule has 0 spiro atoms. The molecule has 29 heavy (non-hydrogen) atoms. The van der Waals surface area contributed by atoms with Crippen LogP contribution in [-0.2, 0) is 22.8 Å². The molecule has 2 aromatic carbocycles. The number of sulfone groups is 1. The first-order valence-electron chi connectivity index (χ1n) is 9.41. The molecule has 0 fully saturated rings. The molecule has 0 saturated carbocycles. The van der Waals surface area contributed by atoms with Crippen molar-refractivity contribution in [2.75, 3.05) is 6.26 Å². The molecule has 6 nitrogen and oxygen atoms in total. The Morgan fingerprint density at radius 3 is 2.24 bits per heavy atom. The first-order chi connectivity index (χ1) is 13.7. The summed E-state index contributed by atoms with van der Waals surface area (Å²) in [5.41, 5.74) is 3.33. The summed E-state index contributed by atoms with van der Waals surface area (Å²) in [4.78, 5) is 13.3. The Hall–Kier alpha value is -2.93. The van der Waals surface area contributed by atoms with Crippen LogP contribution in [0.5, 0.6) is 5.88 Å². The zero-order valence-electron chi connectivity index (χ0n) is 16.9. The number of rotatable bonds is 6. The highest BCUT2D eigenvalue weighted by Crippen LogP contribution is 2.34. The molecule has 0 atom stereocenters. The quantitative estimate of drug-likeness (QED) is 0.623. The van der Waals surface area contributed by atoms with Crippen LogP contribution in [0.25, 0.3) is 11.1 Å². The Labute approximate surface area is 170 Å². The minimum absolute atomic E-state index is 0.0920. The van der Waals surface area contributed by atoms with Crippen molar-refractivity contribution in [2.24, 2.45) is 0 Å². The van der Waals surface area contributed by atoms with Gasteiger partial charge in [-0.2, -0.15) is 5.10 Å². The van der Waals surface area contributed by atoms with Crippen LogP contribution in [0.3, 0.4) is 0 Å². The summed E-state index contributed by atoms with van der Waals surface area (Å²) < 4.78 is 26.2. The first-order valence-corrected chi connectivity index (χ1v) is 11.3. The average Bonchev–Trinajstić information content (AvgIpc) is 3.07. The molecule has 3 rings (SSSR count). The molecule has 0 aliphatic carbocycles. The first kappa shape index (κ1) is 20.8. The monoisotopic (exact) mass is 412 g/mol. The molecule has 0 aliphatic heterocycles. The topological polar surface area (TPSA) is 89.3 Å². The van der Waals surface area contributed by atoms with Crippen molar-refractivity contribution >= 4 is 15.6 Å². The fraction of sp³-hybridized carbons (Fsp3) is 0.273. The van der Waals surface area contributed by atoms with Crippen LogP contribution in [0.1, 0.15) is 40.9 Å². The maximum atomic E-state index is 13.1. The Bertz CT molecular complexity index is 1180. The van der Waals surface area contributed by atoms with E-state index in [4.69, 9.17) is 0 Å². The summed E-state index contributed by atoms with van der Waals surface area (Å²) in [6.07, 6.45) is 3.36. The minimum atomic E-state index is -3.51. The number of ketones is 1. The van der Waals surface area contributed by atoms with Crippen molar-refractivity contribution in [3.63, 3.8) is 0 Å². The van der Waals surface area contributed by atoms with Crippen molar-refractivity contribution in [3.8, 4) is 17.0 Å². The maximum absolute atomic E-state index is 13.1. The highest BCUT2D eigenvalue weighted by atomic mass is 32.2. The van der Waals surface area contributed by atoms with E-state index in [2.05, 4.69) is 5.10 Å². The number of aryl methyl sites for hydroxylation is 2. The molecule has 0 aliphatic rings. The van der Waals surface area contributed by atoms with Crippen molar-refractivity contribution in [1.82, 2.24) is 9.78 Å². The van der Waals surface area contributed by atoms with E-state index in [0.29, 0.717) is 23.2 Å². The molecule has 1 heterocycles. The van der Waals surface area contributed by atoms with E-state index >= 15 is 0 Å². The lowest BCUT2D eigenvalue weighted by atomic mass is 9.92. The summed E-state index contributed by atoms with van der Waals surface area (Å²) >= 11 is 0. The van der Waals surface area contributed by atoms with Crippen molar-refractivity contribution in [2.45, 2.75) is 38.6 Å². The SMILES string of the molecule is CCc1ccc(-c2c(S(C)(=O)=O)ccc(C(=O)c3cnn(CC)c3O)c2C)cc1. The van der Waals surface area contributed by atoms with E-state index < -0.39 is 15.6 Å². The largest absolute Gasteiger partial charge is 0.493 e. The van der Waals surface area contributed by atoms with Gasteiger partial charge in [-0.15, -0.1) is 0 Å². The van der Waals surface area contributed by atoms with E-state index in [0.717, 1.165) is 23.8 Å². The van der Waals surface area contributed by atoms with Crippen LogP contribution in [0.4, 0.5) is 0 Å². The van der Waals surface area contributed by atoms with Crippen LogP contribution >= 0.6 is 0 Å². The fourth-order valence-electron chi connectivity index (χ4n) is 3.42. The molecule has 152 valence electrons. The lowest BCUT2D eigenvalue weighted by molar-refractivity contribution is 0.103. The van der Waals surface area contributed by atoms with Crippen molar-refractivity contribution in [1.29, 1.82) is 0 Å². The molecule has 1 N–H and O–H groups in total. The lowest BCUT2D eigenvalue weighted by Gasteiger charge is -2.15. The molecule has 0 amide bonds. The van der Waals surface area contributed by atoms with Crippen LogP contribution in [-0.4, -0.2) is 35.3 Å². The second-order valence-electron chi connectivity index (χ2n) is 6.96. The van der Waals surface area contributed by atoms with E-state index in [-0.39, 0.29) is 16.3 Å². The van der Waals surface area contributed by atoms with E-state index in [1.54, 1.807) is 6.92 Å². The van der Waals surface area contributed by atoms with Crippen molar-refractivity contribution < 1.29 is 18.3 Å². The Kier molecular flexibility index (Phi) is 5.61. The average molecular weight is 413 g/mol. The van der Waals surface area contributed by atoms with Gasteiger partial charge in [0.1, 0.15) is 5.56 Å². The van der Waals surface area contributed by atoms with Gasteiger partial charge in [0, 0.05) is 23.9 Å². The van der Waals surface area contributed by atoms with Gasteiger partial charge < -0.3 is 5.11 Å². The van der Waals surface area contributed by atoms with Crippen LogP contribution < -0.4 is 0 Å². The van der Waals surface area contributed by atoms with Gasteiger partial charge in [0.25, 0.3) is 0 Å². The number of nitrogens with zero attached hydrogens (tertiary/aromatic N) is 2. The number of hydrogen-bond donors (Lipinski definition) is 1. The van der Waals surface area contributed by atoms with Gasteiger partial charge in [0.05, 0.1) is 11.1 Å². The molecule has 3 aromatic rings. The number of aromatic nitrogens is 2. The summed E-state index contributed by atoms with van der Waals surface area (Å²) in [5, 5.41) is 14.3. The third kappa shape index (κ3) is 3.82. The summed E-state index contributed by atoms with van der Waals surface area (Å²) in [6.45, 7) is 6.02. The number of hydrogen-bond acceptors (Lipinski definition) is 5. The Balaban J connectivity index is 2.23. The molecule has 0 bridgehead atoms. The molecular weight excluding hydrogens is 388 g/mol. The van der Waals surface area contributed by atoms with Gasteiger partial charge in [-0.05, 0) is 49.1 Å². The van der Waals surface area contributed by atoms with Crippen LogP contribution in [0.15, 0.2) is 47.5 Å². The van der Waals surface area contributed by atoms with Gasteiger partial charge in [0.15, 0.2) is 15.6 Å². The van der Waals surface area contributed by atoms with Gasteiger partial charge in [-0.1, -0.05) is 31.2 Å². The molecule has 0 radical (unpaired) electrons.